The molecule has 1 saturated heterocycles. The lowest BCUT2D eigenvalue weighted by atomic mass is 10.2. The van der Waals surface area contributed by atoms with Crippen LogP contribution in [0.25, 0.3) is 0 Å². The first-order valence-electron chi connectivity index (χ1n) is 8.11. The van der Waals surface area contributed by atoms with Crippen molar-refractivity contribution in [2.45, 2.75) is 11.1 Å². The van der Waals surface area contributed by atoms with Crippen molar-refractivity contribution >= 4 is 27.4 Å². The molecule has 0 saturated carbocycles. The highest BCUT2D eigenvalue weighted by atomic mass is 35.5. The van der Waals surface area contributed by atoms with Crippen molar-refractivity contribution in [3.63, 3.8) is 0 Å². The molecule has 1 aromatic heterocycles. The number of anilines is 1. The molecule has 11 heteroatoms. The number of piperazine rings is 1. The van der Waals surface area contributed by atoms with Gasteiger partial charge in [-0.25, -0.2) is 13.4 Å². The summed E-state index contributed by atoms with van der Waals surface area (Å²) in [6.07, 6.45) is -3.22. The number of nitriles is 1. The molecule has 1 aliphatic heterocycles. The summed E-state index contributed by atoms with van der Waals surface area (Å²) in [6.45, 7) is 0.608. The van der Waals surface area contributed by atoms with Crippen LogP contribution in [0.2, 0.25) is 5.02 Å². The highest BCUT2D eigenvalue weighted by Gasteiger charge is 2.36. The number of alkyl halides is 3. The number of halogens is 4. The van der Waals surface area contributed by atoms with Crippen molar-refractivity contribution in [2.24, 2.45) is 0 Å². The molecule has 0 unspecified atom stereocenters. The lowest BCUT2D eigenvalue weighted by molar-refractivity contribution is -0.137. The first kappa shape index (κ1) is 20.4. The number of sulfonamides is 1. The fourth-order valence-corrected chi connectivity index (χ4v) is 4.58. The molecule has 0 radical (unpaired) electrons. The molecular weight excluding hydrogens is 417 g/mol. The Morgan fingerprint density at radius 2 is 1.82 bits per heavy atom. The van der Waals surface area contributed by atoms with Crippen molar-refractivity contribution in [3.8, 4) is 6.07 Å². The molecule has 2 heterocycles. The van der Waals surface area contributed by atoms with Gasteiger partial charge in [0.05, 0.1) is 21.0 Å². The lowest BCUT2D eigenvalue weighted by Crippen LogP contribution is -2.49. The van der Waals surface area contributed by atoms with E-state index >= 15 is 0 Å². The molecule has 148 valence electrons. The molecule has 1 fully saturated rings. The molecule has 6 nitrogen and oxygen atoms in total. The van der Waals surface area contributed by atoms with Crippen LogP contribution in [-0.4, -0.2) is 43.9 Å². The molecule has 0 aliphatic carbocycles. The molecule has 0 bridgehead atoms. The van der Waals surface area contributed by atoms with E-state index in [2.05, 4.69) is 4.98 Å². The summed E-state index contributed by atoms with van der Waals surface area (Å²) < 4.78 is 65.8. The summed E-state index contributed by atoms with van der Waals surface area (Å²) in [5.74, 6) is 0.452. The number of nitrogens with zero attached hydrogens (tertiary/aromatic N) is 4. The van der Waals surface area contributed by atoms with Gasteiger partial charge in [-0.15, -0.1) is 0 Å². The average molecular weight is 431 g/mol. The Morgan fingerprint density at radius 3 is 2.43 bits per heavy atom. The van der Waals surface area contributed by atoms with E-state index in [4.69, 9.17) is 16.9 Å². The predicted molar refractivity (Wildman–Crippen MR) is 96.4 cm³/mol. The van der Waals surface area contributed by atoms with Crippen LogP contribution in [0.15, 0.2) is 41.4 Å². The highest BCUT2D eigenvalue weighted by molar-refractivity contribution is 7.89. The average Bonchev–Trinajstić information content (AvgIpc) is 2.67. The van der Waals surface area contributed by atoms with Gasteiger partial charge in [0.1, 0.15) is 11.9 Å². The number of hydrogen-bond acceptors (Lipinski definition) is 5. The first-order chi connectivity index (χ1) is 13.1. The van der Waals surface area contributed by atoms with Crippen molar-refractivity contribution < 1.29 is 21.6 Å². The van der Waals surface area contributed by atoms with Crippen LogP contribution in [-0.2, 0) is 16.2 Å². The maximum absolute atomic E-state index is 13.0. The lowest BCUT2D eigenvalue weighted by Gasteiger charge is -2.35. The molecule has 0 N–H and O–H groups in total. The van der Waals surface area contributed by atoms with Crippen molar-refractivity contribution in [1.82, 2.24) is 9.29 Å². The third-order valence-corrected chi connectivity index (χ3v) is 6.55. The fraction of sp³-hybridized carbons (Fsp3) is 0.294. The van der Waals surface area contributed by atoms with Crippen LogP contribution >= 0.6 is 11.6 Å². The molecule has 2 aromatic rings. The Kier molecular flexibility index (Phi) is 5.52. The minimum Gasteiger partial charge on any atom is -0.353 e. The van der Waals surface area contributed by atoms with Gasteiger partial charge in [0.25, 0.3) is 0 Å². The molecule has 3 rings (SSSR count). The van der Waals surface area contributed by atoms with E-state index in [1.54, 1.807) is 17.0 Å². The van der Waals surface area contributed by atoms with Crippen molar-refractivity contribution in [2.75, 3.05) is 31.1 Å². The monoisotopic (exact) mass is 430 g/mol. The van der Waals surface area contributed by atoms with Crippen LogP contribution in [0.3, 0.4) is 0 Å². The summed E-state index contributed by atoms with van der Waals surface area (Å²) in [6, 6.07) is 7.81. The van der Waals surface area contributed by atoms with E-state index in [0.29, 0.717) is 17.4 Å². The van der Waals surface area contributed by atoms with Crippen LogP contribution < -0.4 is 4.90 Å². The van der Waals surface area contributed by atoms with Crippen LogP contribution in [0.5, 0.6) is 0 Å². The summed E-state index contributed by atoms with van der Waals surface area (Å²) >= 11 is 5.56. The number of rotatable bonds is 3. The second kappa shape index (κ2) is 7.58. The molecule has 1 aromatic carbocycles. The normalized spacial score (nSPS) is 16.0. The number of benzene rings is 1. The maximum Gasteiger partial charge on any atom is 0.417 e. The van der Waals surface area contributed by atoms with Gasteiger partial charge in [0.2, 0.25) is 10.0 Å². The van der Waals surface area contributed by atoms with Crippen LogP contribution in [0.4, 0.5) is 19.0 Å². The Labute approximate surface area is 164 Å². The van der Waals surface area contributed by atoms with E-state index in [1.165, 1.54) is 6.20 Å². The summed E-state index contributed by atoms with van der Waals surface area (Å²) in [7, 11) is -4.12. The molecule has 0 amide bonds. The number of aromatic nitrogens is 1. The van der Waals surface area contributed by atoms with Gasteiger partial charge in [-0.2, -0.15) is 22.7 Å². The summed E-state index contributed by atoms with van der Waals surface area (Å²) in [4.78, 5) is 5.47. The number of hydrogen-bond donors (Lipinski definition) is 0. The second-order valence-electron chi connectivity index (χ2n) is 6.02. The van der Waals surface area contributed by atoms with E-state index in [0.717, 1.165) is 16.4 Å². The van der Waals surface area contributed by atoms with Gasteiger partial charge >= 0.3 is 6.18 Å². The zero-order chi connectivity index (χ0) is 20.5. The zero-order valence-corrected chi connectivity index (χ0v) is 15.9. The Hall–Kier alpha value is -2.35. The Morgan fingerprint density at radius 1 is 1.14 bits per heavy atom. The quantitative estimate of drug-likeness (QED) is 0.747. The molecule has 28 heavy (non-hydrogen) atoms. The molecule has 1 aliphatic rings. The smallest absolute Gasteiger partial charge is 0.353 e. The van der Waals surface area contributed by atoms with Gasteiger partial charge < -0.3 is 4.90 Å². The fourth-order valence-electron chi connectivity index (χ4n) is 2.91. The first-order valence-corrected chi connectivity index (χ1v) is 9.93. The van der Waals surface area contributed by atoms with E-state index in [-0.39, 0.29) is 26.2 Å². The maximum atomic E-state index is 13.0. The van der Waals surface area contributed by atoms with Gasteiger partial charge in [0, 0.05) is 32.4 Å². The molecule has 0 atom stereocenters. The van der Waals surface area contributed by atoms with Crippen LogP contribution in [0.1, 0.15) is 11.1 Å². The van der Waals surface area contributed by atoms with Gasteiger partial charge in [-0.3, -0.25) is 0 Å². The predicted octanol–water partition coefficient (Wildman–Crippen LogP) is 3.14. The zero-order valence-electron chi connectivity index (χ0n) is 14.3. The van der Waals surface area contributed by atoms with Gasteiger partial charge in [-0.1, -0.05) is 11.6 Å². The highest BCUT2D eigenvalue weighted by Crippen LogP contribution is 2.36. The third-order valence-electron chi connectivity index (χ3n) is 4.33. The van der Waals surface area contributed by atoms with Gasteiger partial charge in [-0.05, 0) is 30.3 Å². The molecular formula is C17H14ClF3N4O2S. The third kappa shape index (κ3) is 3.92. The minimum absolute atomic E-state index is 0.0494. The second-order valence-corrected chi connectivity index (χ2v) is 8.36. The topological polar surface area (TPSA) is 77.3 Å². The van der Waals surface area contributed by atoms with Crippen molar-refractivity contribution in [3.05, 3.63) is 52.7 Å². The minimum atomic E-state index is -4.76. The summed E-state index contributed by atoms with van der Waals surface area (Å²) in [5.41, 5.74) is -0.827. The Bertz CT molecular complexity index is 1030. The number of pyridine rings is 1. The molecule has 0 spiro atoms. The van der Waals surface area contributed by atoms with Crippen molar-refractivity contribution in [1.29, 1.82) is 5.26 Å². The summed E-state index contributed by atoms with van der Waals surface area (Å²) in [5, 5.41) is 8.61. The van der Waals surface area contributed by atoms with E-state index < -0.39 is 31.7 Å². The van der Waals surface area contributed by atoms with E-state index in [1.807, 2.05) is 6.07 Å². The standard InChI is InChI=1S/C17H14ClF3N4O2S/c18-15-4-3-13(10-14(15)17(19,20)21)28(26,27)25-8-6-24(7-9-25)16-12(11-22)2-1-5-23-16/h1-5,10H,6-9H2. The van der Waals surface area contributed by atoms with Gasteiger partial charge in [0.15, 0.2) is 0 Å². The largest absolute Gasteiger partial charge is 0.417 e. The SMILES string of the molecule is N#Cc1cccnc1N1CCN(S(=O)(=O)c2ccc(Cl)c(C(F)(F)F)c2)CC1. The van der Waals surface area contributed by atoms with E-state index in [9.17, 15) is 21.6 Å². The van der Waals surface area contributed by atoms with Crippen LogP contribution in [0, 0.1) is 11.3 Å². The Balaban J connectivity index is 1.81.